The Labute approximate surface area is 116 Å². The first-order valence-corrected chi connectivity index (χ1v) is 6.42. The Balaban J connectivity index is 2.14. The molecular formula is C14H17NO5. The first kappa shape index (κ1) is 14.2. The number of carboxylic acids is 1. The summed E-state index contributed by atoms with van der Waals surface area (Å²) >= 11 is 0. The third-order valence-electron chi connectivity index (χ3n) is 3.24. The quantitative estimate of drug-likeness (QED) is 0.823. The van der Waals surface area contributed by atoms with Gasteiger partial charge < -0.3 is 19.8 Å². The summed E-state index contributed by atoms with van der Waals surface area (Å²) in [4.78, 5) is 24.6. The maximum atomic E-state index is 12.4. The van der Waals surface area contributed by atoms with Gasteiger partial charge in [0.2, 0.25) is 0 Å². The van der Waals surface area contributed by atoms with Crippen LogP contribution in [-0.4, -0.2) is 46.7 Å². The molecule has 0 saturated heterocycles. The summed E-state index contributed by atoms with van der Waals surface area (Å²) in [7, 11) is 1.43. The average Bonchev–Trinajstić information content (AvgIpc) is 3.23. The zero-order chi connectivity index (χ0) is 14.7. The van der Waals surface area contributed by atoms with Crippen molar-refractivity contribution >= 4 is 11.9 Å². The molecule has 108 valence electrons. The fourth-order valence-electron chi connectivity index (χ4n) is 2.04. The Morgan fingerprint density at radius 2 is 2.10 bits per heavy atom. The minimum Gasteiger partial charge on any atom is -0.504 e. The minimum atomic E-state index is -0.930. The molecule has 6 heteroatoms. The molecular weight excluding hydrogens is 262 g/mol. The number of carboxylic acid groups (broad SMARTS) is 1. The number of hydrogen-bond donors (Lipinski definition) is 2. The molecule has 1 saturated carbocycles. The van der Waals surface area contributed by atoms with Gasteiger partial charge in [-0.15, -0.1) is 0 Å². The monoisotopic (exact) mass is 279 g/mol. The van der Waals surface area contributed by atoms with Crippen molar-refractivity contribution in [3.8, 4) is 11.5 Å². The number of carbonyl (C=O) groups is 2. The number of nitrogens with zero attached hydrogens (tertiary/aromatic N) is 1. The molecule has 1 aromatic rings. The number of hydrogen-bond acceptors (Lipinski definition) is 4. The van der Waals surface area contributed by atoms with Gasteiger partial charge in [0.15, 0.2) is 11.5 Å². The second-order valence-electron chi connectivity index (χ2n) is 4.76. The van der Waals surface area contributed by atoms with Crippen LogP contribution in [0.4, 0.5) is 0 Å². The number of aromatic hydroxyl groups is 1. The number of ether oxygens (including phenoxy) is 1. The highest BCUT2D eigenvalue weighted by Crippen LogP contribution is 2.31. The fourth-order valence-corrected chi connectivity index (χ4v) is 2.04. The summed E-state index contributed by atoms with van der Waals surface area (Å²) in [6.45, 7) is 0.186. The van der Waals surface area contributed by atoms with E-state index in [0.29, 0.717) is 11.3 Å². The third kappa shape index (κ3) is 3.20. The van der Waals surface area contributed by atoms with E-state index in [1.165, 1.54) is 19.2 Å². The Kier molecular flexibility index (Phi) is 4.12. The van der Waals surface area contributed by atoms with E-state index < -0.39 is 5.97 Å². The lowest BCUT2D eigenvalue weighted by Crippen LogP contribution is -2.35. The van der Waals surface area contributed by atoms with Crippen LogP contribution in [0, 0.1) is 0 Å². The molecule has 0 aliphatic heterocycles. The fraction of sp³-hybridized carbons (Fsp3) is 0.429. The molecule has 6 nitrogen and oxygen atoms in total. The van der Waals surface area contributed by atoms with Gasteiger partial charge in [0.1, 0.15) is 0 Å². The van der Waals surface area contributed by atoms with Gasteiger partial charge >= 0.3 is 5.97 Å². The zero-order valence-corrected chi connectivity index (χ0v) is 11.2. The largest absolute Gasteiger partial charge is 0.504 e. The lowest BCUT2D eigenvalue weighted by atomic mass is 10.1. The van der Waals surface area contributed by atoms with Crippen LogP contribution < -0.4 is 4.74 Å². The second-order valence-corrected chi connectivity index (χ2v) is 4.76. The van der Waals surface area contributed by atoms with Crippen molar-refractivity contribution in [1.29, 1.82) is 0 Å². The second kappa shape index (κ2) is 5.81. The normalized spacial score (nSPS) is 13.8. The third-order valence-corrected chi connectivity index (χ3v) is 3.24. The Hall–Kier alpha value is -2.24. The summed E-state index contributed by atoms with van der Waals surface area (Å²) in [6.07, 6.45) is 1.71. The van der Waals surface area contributed by atoms with E-state index >= 15 is 0 Å². The summed E-state index contributed by atoms with van der Waals surface area (Å²) in [5.74, 6) is -0.995. The van der Waals surface area contributed by atoms with E-state index in [4.69, 9.17) is 9.84 Å². The highest BCUT2D eigenvalue weighted by atomic mass is 16.5. The van der Waals surface area contributed by atoms with Crippen molar-refractivity contribution < 1.29 is 24.5 Å². The van der Waals surface area contributed by atoms with Gasteiger partial charge in [-0.05, 0) is 31.0 Å². The SMILES string of the molecule is COc1ccc(C(=O)N(CCC(=O)O)C2CC2)cc1O. The lowest BCUT2D eigenvalue weighted by molar-refractivity contribution is -0.137. The van der Waals surface area contributed by atoms with Gasteiger partial charge in [0.05, 0.1) is 13.5 Å². The van der Waals surface area contributed by atoms with Crippen LogP contribution in [0.3, 0.4) is 0 Å². The van der Waals surface area contributed by atoms with E-state index in [0.717, 1.165) is 12.8 Å². The van der Waals surface area contributed by atoms with Gasteiger partial charge in [0, 0.05) is 18.2 Å². The molecule has 20 heavy (non-hydrogen) atoms. The molecule has 0 radical (unpaired) electrons. The standard InChI is InChI=1S/C14H17NO5/c1-20-12-5-2-9(8-11(12)16)14(19)15(10-3-4-10)7-6-13(17)18/h2,5,8,10,16H,3-4,6-7H2,1H3,(H,17,18). The average molecular weight is 279 g/mol. The maximum Gasteiger partial charge on any atom is 0.305 e. The molecule has 1 aromatic carbocycles. The first-order valence-electron chi connectivity index (χ1n) is 6.42. The number of phenolic OH excluding ortho intramolecular Hbond substituents is 1. The number of benzene rings is 1. The van der Waals surface area contributed by atoms with Crippen LogP contribution in [0.25, 0.3) is 0 Å². The molecule has 2 rings (SSSR count). The van der Waals surface area contributed by atoms with Crippen LogP contribution in [0.5, 0.6) is 11.5 Å². The number of amides is 1. The predicted molar refractivity (Wildman–Crippen MR) is 71.0 cm³/mol. The number of rotatable bonds is 6. The smallest absolute Gasteiger partial charge is 0.305 e. The zero-order valence-electron chi connectivity index (χ0n) is 11.2. The van der Waals surface area contributed by atoms with Crippen LogP contribution in [0.1, 0.15) is 29.6 Å². The summed E-state index contributed by atoms with van der Waals surface area (Å²) in [6, 6.07) is 4.55. The van der Waals surface area contributed by atoms with Crippen molar-refractivity contribution in [3.63, 3.8) is 0 Å². The highest BCUT2D eigenvalue weighted by molar-refractivity contribution is 5.95. The Morgan fingerprint density at radius 1 is 1.40 bits per heavy atom. The van der Waals surface area contributed by atoms with Crippen molar-refractivity contribution in [3.05, 3.63) is 23.8 Å². The molecule has 0 spiro atoms. The highest BCUT2D eigenvalue weighted by Gasteiger charge is 2.33. The van der Waals surface area contributed by atoms with Crippen molar-refractivity contribution in [2.24, 2.45) is 0 Å². The molecule has 2 N–H and O–H groups in total. The molecule has 0 heterocycles. The molecule has 1 aliphatic rings. The van der Waals surface area contributed by atoms with E-state index in [-0.39, 0.29) is 30.7 Å². The van der Waals surface area contributed by atoms with E-state index in [1.54, 1.807) is 11.0 Å². The van der Waals surface area contributed by atoms with Gasteiger partial charge in [0.25, 0.3) is 5.91 Å². The van der Waals surface area contributed by atoms with Crippen molar-refractivity contribution in [1.82, 2.24) is 4.90 Å². The predicted octanol–water partition coefficient (Wildman–Crippen LogP) is 1.48. The van der Waals surface area contributed by atoms with Crippen LogP contribution in [-0.2, 0) is 4.79 Å². The summed E-state index contributed by atoms with van der Waals surface area (Å²) < 4.78 is 4.93. The van der Waals surface area contributed by atoms with Crippen molar-refractivity contribution in [2.45, 2.75) is 25.3 Å². The molecule has 1 amide bonds. The first-order chi connectivity index (χ1) is 9.52. The topological polar surface area (TPSA) is 87.1 Å². The maximum absolute atomic E-state index is 12.4. The Bertz CT molecular complexity index is 524. The summed E-state index contributed by atoms with van der Waals surface area (Å²) in [5, 5.41) is 18.4. The number of carbonyl (C=O) groups excluding carboxylic acids is 1. The summed E-state index contributed by atoms with van der Waals surface area (Å²) in [5.41, 5.74) is 0.334. The van der Waals surface area contributed by atoms with Gasteiger partial charge in [-0.2, -0.15) is 0 Å². The van der Waals surface area contributed by atoms with Crippen molar-refractivity contribution in [2.75, 3.05) is 13.7 Å². The molecule has 0 bridgehead atoms. The molecule has 0 unspecified atom stereocenters. The molecule has 0 aromatic heterocycles. The van der Waals surface area contributed by atoms with Crippen LogP contribution in [0.2, 0.25) is 0 Å². The van der Waals surface area contributed by atoms with E-state index in [1.807, 2.05) is 0 Å². The van der Waals surface area contributed by atoms with Crippen LogP contribution in [0.15, 0.2) is 18.2 Å². The van der Waals surface area contributed by atoms with Gasteiger partial charge in [-0.3, -0.25) is 9.59 Å². The van der Waals surface area contributed by atoms with Gasteiger partial charge in [-0.25, -0.2) is 0 Å². The minimum absolute atomic E-state index is 0.0790. The van der Waals surface area contributed by atoms with Gasteiger partial charge in [-0.1, -0.05) is 0 Å². The lowest BCUT2D eigenvalue weighted by Gasteiger charge is -2.22. The van der Waals surface area contributed by atoms with E-state index in [9.17, 15) is 14.7 Å². The molecule has 1 aliphatic carbocycles. The number of phenols is 1. The van der Waals surface area contributed by atoms with Crippen LogP contribution >= 0.6 is 0 Å². The molecule has 0 atom stereocenters. The Morgan fingerprint density at radius 3 is 2.60 bits per heavy atom. The van der Waals surface area contributed by atoms with E-state index in [2.05, 4.69) is 0 Å². The number of methoxy groups -OCH3 is 1. The molecule has 1 fully saturated rings. The number of aliphatic carboxylic acids is 1.